The van der Waals surface area contributed by atoms with Gasteiger partial charge in [0.2, 0.25) is 5.89 Å². The van der Waals surface area contributed by atoms with Crippen molar-refractivity contribution in [1.29, 1.82) is 0 Å². The molecule has 0 radical (unpaired) electrons. The fraction of sp³-hybridized carbons (Fsp3) is 0.500. The van der Waals surface area contributed by atoms with Gasteiger partial charge in [0, 0.05) is 0 Å². The van der Waals surface area contributed by atoms with E-state index in [0.29, 0.717) is 18.3 Å². The zero-order chi connectivity index (χ0) is 15.8. The first kappa shape index (κ1) is 16.7. The van der Waals surface area contributed by atoms with Gasteiger partial charge in [-0.1, -0.05) is 26.0 Å². The van der Waals surface area contributed by atoms with Crippen LogP contribution in [-0.2, 0) is 18.6 Å². The molecule has 0 saturated carbocycles. The van der Waals surface area contributed by atoms with Crippen LogP contribution in [0.25, 0.3) is 0 Å². The van der Waals surface area contributed by atoms with Crippen LogP contribution in [0.5, 0.6) is 5.75 Å². The zero-order valence-electron chi connectivity index (χ0n) is 13.1. The summed E-state index contributed by atoms with van der Waals surface area (Å²) in [6, 6.07) is 6.27. The lowest BCUT2D eigenvalue weighted by Gasteiger charge is -2.13. The average Bonchev–Trinajstić information content (AvgIpc) is 2.95. The summed E-state index contributed by atoms with van der Waals surface area (Å²) in [5.41, 5.74) is 2.68. The van der Waals surface area contributed by atoms with E-state index in [1.165, 1.54) is 11.1 Å². The molecule has 0 unspecified atom stereocenters. The van der Waals surface area contributed by atoms with E-state index in [4.69, 9.17) is 9.15 Å². The molecule has 0 amide bonds. The van der Waals surface area contributed by atoms with Crippen LogP contribution in [0.4, 0.5) is 0 Å². The first-order valence-corrected chi connectivity index (χ1v) is 8.75. The molecule has 0 bridgehead atoms. The van der Waals surface area contributed by atoms with Crippen molar-refractivity contribution in [2.45, 2.75) is 38.9 Å². The Morgan fingerprint density at radius 1 is 1.32 bits per heavy atom. The largest absolute Gasteiger partial charge is 0.493 e. The van der Waals surface area contributed by atoms with Crippen molar-refractivity contribution < 1.29 is 9.15 Å². The lowest BCUT2D eigenvalue weighted by Crippen LogP contribution is -2.03. The van der Waals surface area contributed by atoms with E-state index in [0.717, 1.165) is 30.8 Å². The maximum absolute atomic E-state index is 10.8. The molecule has 120 valence electrons. The molecule has 0 spiro atoms. The summed E-state index contributed by atoms with van der Waals surface area (Å²) in [5, 5.41) is 6.02. The summed E-state index contributed by atoms with van der Waals surface area (Å²) in [6.45, 7) is 5.02. The van der Waals surface area contributed by atoms with Gasteiger partial charge in [-0.05, 0) is 42.2 Å². The van der Waals surface area contributed by atoms with Crippen molar-refractivity contribution >= 4 is 11.8 Å². The monoisotopic (exact) mass is 322 g/mol. The minimum Gasteiger partial charge on any atom is -0.493 e. The van der Waals surface area contributed by atoms with Crippen molar-refractivity contribution in [3.63, 3.8) is 0 Å². The number of thioether (sulfide) groups is 1. The SMILES string of the molecule is CCc1cccc(OCCCSCc2n[nH]c(=O)o2)c1CC. The molecule has 22 heavy (non-hydrogen) atoms. The Bertz CT molecular complexity index is 636. The van der Waals surface area contributed by atoms with E-state index < -0.39 is 5.76 Å². The number of hydrogen-bond acceptors (Lipinski definition) is 5. The summed E-state index contributed by atoms with van der Waals surface area (Å²) >= 11 is 1.68. The molecule has 0 fully saturated rings. The second-order valence-corrected chi connectivity index (χ2v) is 5.97. The first-order chi connectivity index (χ1) is 10.7. The Hall–Kier alpha value is -1.69. The molecule has 0 saturated heterocycles. The van der Waals surface area contributed by atoms with Crippen LogP contribution in [0.2, 0.25) is 0 Å². The van der Waals surface area contributed by atoms with Gasteiger partial charge in [-0.25, -0.2) is 9.89 Å². The number of aromatic nitrogens is 2. The molecule has 1 aromatic heterocycles. The van der Waals surface area contributed by atoms with Gasteiger partial charge in [0.05, 0.1) is 12.4 Å². The number of aromatic amines is 1. The van der Waals surface area contributed by atoms with Crippen LogP contribution in [-0.4, -0.2) is 22.6 Å². The Balaban J connectivity index is 1.71. The molecular weight excluding hydrogens is 300 g/mol. The van der Waals surface area contributed by atoms with Crippen molar-refractivity contribution in [1.82, 2.24) is 10.2 Å². The van der Waals surface area contributed by atoms with E-state index in [-0.39, 0.29) is 0 Å². The number of H-pyrrole nitrogens is 1. The van der Waals surface area contributed by atoms with Gasteiger partial charge in [0.25, 0.3) is 0 Å². The summed E-state index contributed by atoms with van der Waals surface area (Å²) in [5.74, 6) is 2.49. The van der Waals surface area contributed by atoms with Gasteiger partial charge in [-0.15, -0.1) is 5.10 Å². The molecule has 1 aromatic carbocycles. The highest BCUT2D eigenvalue weighted by Crippen LogP contribution is 2.24. The number of ether oxygens (including phenoxy) is 1. The second-order valence-electron chi connectivity index (χ2n) is 4.86. The standard InChI is InChI=1S/C16H22N2O3S/c1-3-12-7-5-8-14(13(12)4-2)20-9-6-10-22-11-15-17-18-16(19)21-15/h5,7-8H,3-4,6,9-11H2,1-2H3,(H,18,19). The fourth-order valence-corrected chi connectivity index (χ4v) is 3.07. The summed E-state index contributed by atoms with van der Waals surface area (Å²) in [4.78, 5) is 10.8. The van der Waals surface area contributed by atoms with Crippen molar-refractivity contribution in [2.24, 2.45) is 0 Å². The second kappa shape index (κ2) is 8.68. The summed E-state index contributed by atoms with van der Waals surface area (Å²) < 4.78 is 10.8. The van der Waals surface area contributed by atoms with Gasteiger partial charge < -0.3 is 9.15 Å². The number of aryl methyl sites for hydroxylation is 1. The molecule has 0 aliphatic rings. The Morgan fingerprint density at radius 3 is 2.86 bits per heavy atom. The minimum atomic E-state index is -0.498. The highest BCUT2D eigenvalue weighted by atomic mass is 32.2. The van der Waals surface area contributed by atoms with Crippen LogP contribution < -0.4 is 10.5 Å². The van der Waals surface area contributed by atoms with Crippen LogP contribution >= 0.6 is 11.8 Å². The molecule has 5 nitrogen and oxygen atoms in total. The number of nitrogens with one attached hydrogen (secondary N) is 1. The molecule has 2 rings (SSSR count). The van der Waals surface area contributed by atoms with Crippen molar-refractivity contribution in [3.05, 3.63) is 45.8 Å². The Kier molecular flexibility index (Phi) is 6.58. The lowest BCUT2D eigenvalue weighted by atomic mass is 10.0. The fourth-order valence-electron chi connectivity index (χ4n) is 2.30. The third kappa shape index (κ3) is 4.66. The smallest absolute Gasteiger partial charge is 0.434 e. The van der Waals surface area contributed by atoms with Gasteiger partial charge in [0.15, 0.2) is 0 Å². The average molecular weight is 322 g/mol. The van der Waals surface area contributed by atoms with Crippen molar-refractivity contribution in [2.75, 3.05) is 12.4 Å². The normalized spacial score (nSPS) is 10.8. The third-order valence-corrected chi connectivity index (χ3v) is 4.39. The maximum atomic E-state index is 10.8. The zero-order valence-corrected chi connectivity index (χ0v) is 13.9. The van der Waals surface area contributed by atoms with E-state index in [1.54, 1.807) is 11.8 Å². The molecule has 2 aromatic rings. The Labute approximate surface area is 134 Å². The van der Waals surface area contributed by atoms with Crippen LogP contribution in [0.3, 0.4) is 0 Å². The molecule has 0 aliphatic heterocycles. The highest BCUT2D eigenvalue weighted by molar-refractivity contribution is 7.98. The van der Waals surface area contributed by atoms with E-state index in [2.05, 4.69) is 36.2 Å². The minimum absolute atomic E-state index is 0.444. The van der Waals surface area contributed by atoms with E-state index in [9.17, 15) is 4.79 Å². The summed E-state index contributed by atoms with van der Waals surface area (Å²) in [7, 11) is 0. The number of hydrogen-bond donors (Lipinski definition) is 1. The maximum Gasteiger partial charge on any atom is 0.434 e. The molecule has 1 N–H and O–H groups in total. The van der Waals surface area contributed by atoms with E-state index in [1.807, 2.05) is 6.07 Å². The Morgan fingerprint density at radius 2 is 2.18 bits per heavy atom. The predicted octanol–water partition coefficient (Wildman–Crippen LogP) is 3.19. The van der Waals surface area contributed by atoms with Gasteiger partial charge in [-0.3, -0.25) is 0 Å². The molecule has 0 aliphatic carbocycles. The molecule has 1 heterocycles. The molecule has 0 atom stereocenters. The van der Waals surface area contributed by atoms with Crippen LogP contribution in [0.1, 0.15) is 37.3 Å². The number of rotatable bonds is 9. The van der Waals surface area contributed by atoms with Gasteiger partial charge in [0.1, 0.15) is 5.75 Å². The number of benzene rings is 1. The number of nitrogens with zero attached hydrogens (tertiary/aromatic N) is 1. The van der Waals surface area contributed by atoms with Gasteiger partial charge >= 0.3 is 5.76 Å². The van der Waals surface area contributed by atoms with Gasteiger partial charge in [-0.2, -0.15) is 11.8 Å². The van der Waals surface area contributed by atoms with Crippen LogP contribution in [0.15, 0.2) is 27.4 Å². The first-order valence-electron chi connectivity index (χ1n) is 7.60. The summed E-state index contributed by atoms with van der Waals surface area (Å²) in [6.07, 6.45) is 2.97. The van der Waals surface area contributed by atoms with Crippen molar-refractivity contribution in [3.8, 4) is 5.75 Å². The quantitative estimate of drug-likeness (QED) is 0.718. The highest BCUT2D eigenvalue weighted by Gasteiger charge is 2.06. The van der Waals surface area contributed by atoms with Crippen LogP contribution in [0, 0.1) is 0 Å². The third-order valence-electron chi connectivity index (χ3n) is 3.36. The topological polar surface area (TPSA) is 68.1 Å². The predicted molar refractivity (Wildman–Crippen MR) is 88.6 cm³/mol. The van der Waals surface area contributed by atoms with E-state index >= 15 is 0 Å². The molecular formula is C16H22N2O3S. The molecule has 6 heteroatoms. The lowest BCUT2D eigenvalue weighted by molar-refractivity contribution is 0.315.